The van der Waals surface area contributed by atoms with Crippen molar-refractivity contribution in [2.24, 2.45) is 0 Å². The summed E-state index contributed by atoms with van der Waals surface area (Å²) in [4.78, 5) is 19.1. The van der Waals surface area contributed by atoms with Gasteiger partial charge in [-0.25, -0.2) is 9.78 Å². The first-order chi connectivity index (χ1) is 11.6. The lowest BCUT2D eigenvalue weighted by Gasteiger charge is -2.21. The lowest BCUT2D eigenvalue weighted by Crippen LogP contribution is -2.32. The fourth-order valence-corrected chi connectivity index (χ4v) is 3.77. The number of anilines is 2. The summed E-state index contributed by atoms with van der Waals surface area (Å²) < 4.78 is 0. The Balaban J connectivity index is 1.57. The Morgan fingerprint density at radius 1 is 1.33 bits per heavy atom. The summed E-state index contributed by atoms with van der Waals surface area (Å²) in [5.41, 5.74) is 3.01. The summed E-state index contributed by atoms with van der Waals surface area (Å²) in [6, 6.07) is 7.84. The number of hydrogen-bond donors (Lipinski definition) is 2. The standard InChI is InChI=1S/C18H24N4OS/c1-13(17-20-14(2)12-24-17)11-19-18(23)21-15-7-3-4-8-16(15)22-9-5-6-10-22/h3-4,7-8,12-13H,5-6,9-11H2,1-2H3,(H2,19,21,23)/t13-/m0/s1. The number of aryl methyl sites for hydroxylation is 1. The van der Waals surface area contributed by atoms with E-state index in [1.165, 1.54) is 12.8 Å². The zero-order valence-electron chi connectivity index (χ0n) is 14.2. The quantitative estimate of drug-likeness (QED) is 0.863. The average Bonchev–Trinajstić information content (AvgIpc) is 3.25. The van der Waals surface area contributed by atoms with Crippen LogP contribution in [-0.2, 0) is 0 Å². The third-order valence-electron chi connectivity index (χ3n) is 4.23. The van der Waals surface area contributed by atoms with E-state index in [1.54, 1.807) is 11.3 Å². The molecule has 0 saturated carbocycles. The van der Waals surface area contributed by atoms with Crippen LogP contribution < -0.4 is 15.5 Å². The first kappa shape index (κ1) is 16.8. The molecular weight excluding hydrogens is 320 g/mol. The van der Waals surface area contributed by atoms with Gasteiger partial charge in [-0.15, -0.1) is 11.3 Å². The van der Waals surface area contributed by atoms with Gasteiger partial charge in [0.05, 0.1) is 16.4 Å². The molecule has 1 aliphatic rings. The van der Waals surface area contributed by atoms with Gasteiger partial charge in [-0.05, 0) is 31.9 Å². The van der Waals surface area contributed by atoms with Crippen LogP contribution in [0.1, 0.15) is 36.4 Å². The first-order valence-electron chi connectivity index (χ1n) is 8.44. The second-order valence-corrected chi connectivity index (χ2v) is 7.16. The van der Waals surface area contributed by atoms with E-state index in [-0.39, 0.29) is 11.9 Å². The van der Waals surface area contributed by atoms with Gasteiger partial charge in [0.1, 0.15) is 0 Å². The van der Waals surface area contributed by atoms with Crippen molar-refractivity contribution in [1.82, 2.24) is 10.3 Å². The Morgan fingerprint density at radius 2 is 2.08 bits per heavy atom. The van der Waals surface area contributed by atoms with Gasteiger partial charge in [-0.2, -0.15) is 0 Å². The summed E-state index contributed by atoms with van der Waals surface area (Å²) in [7, 11) is 0. The third kappa shape index (κ3) is 4.06. The maximum atomic E-state index is 12.3. The third-order valence-corrected chi connectivity index (χ3v) is 5.42. The number of para-hydroxylation sites is 2. The summed E-state index contributed by atoms with van der Waals surface area (Å²) in [5, 5.41) is 9.05. The number of thiazole rings is 1. The topological polar surface area (TPSA) is 57.3 Å². The minimum Gasteiger partial charge on any atom is -0.370 e. The molecule has 2 heterocycles. The van der Waals surface area contributed by atoms with E-state index in [0.717, 1.165) is 35.2 Å². The SMILES string of the molecule is Cc1csc([C@@H](C)CNC(=O)Nc2ccccc2N2CCCC2)n1. The van der Waals surface area contributed by atoms with Crippen LogP contribution in [0.5, 0.6) is 0 Å². The maximum absolute atomic E-state index is 12.3. The predicted octanol–water partition coefficient (Wildman–Crippen LogP) is 3.98. The highest BCUT2D eigenvalue weighted by molar-refractivity contribution is 7.09. The molecule has 0 bridgehead atoms. The van der Waals surface area contributed by atoms with E-state index in [0.29, 0.717) is 6.54 Å². The van der Waals surface area contributed by atoms with Gasteiger partial charge >= 0.3 is 6.03 Å². The maximum Gasteiger partial charge on any atom is 0.319 e. The summed E-state index contributed by atoms with van der Waals surface area (Å²) in [6.07, 6.45) is 2.43. The van der Waals surface area contributed by atoms with Gasteiger partial charge in [-0.3, -0.25) is 0 Å². The fraction of sp³-hybridized carbons (Fsp3) is 0.444. The Bertz CT molecular complexity index is 694. The number of hydrogen-bond acceptors (Lipinski definition) is 4. The second kappa shape index (κ2) is 7.66. The van der Waals surface area contributed by atoms with Crippen LogP contribution in [0.25, 0.3) is 0 Å². The number of carbonyl (C=O) groups is 1. The van der Waals surface area contributed by atoms with Crippen LogP contribution >= 0.6 is 11.3 Å². The molecule has 1 saturated heterocycles. The molecule has 0 spiro atoms. The average molecular weight is 344 g/mol. The zero-order chi connectivity index (χ0) is 16.9. The number of benzene rings is 1. The number of amides is 2. The highest BCUT2D eigenvalue weighted by Crippen LogP contribution is 2.28. The molecule has 1 aromatic heterocycles. The smallest absolute Gasteiger partial charge is 0.319 e. The van der Waals surface area contributed by atoms with Gasteiger partial charge in [0.25, 0.3) is 0 Å². The fourth-order valence-electron chi connectivity index (χ4n) is 2.91. The largest absolute Gasteiger partial charge is 0.370 e. The number of nitrogens with one attached hydrogen (secondary N) is 2. The van der Waals surface area contributed by atoms with Gasteiger partial charge in [-0.1, -0.05) is 19.1 Å². The molecule has 6 heteroatoms. The van der Waals surface area contributed by atoms with Crippen LogP contribution in [-0.4, -0.2) is 30.6 Å². The molecule has 3 rings (SSSR count). The predicted molar refractivity (Wildman–Crippen MR) is 100 cm³/mol. The highest BCUT2D eigenvalue weighted by atomic mass is 32.1. The van der Waals surface area contributed by atoms with Gasteiger partial charge in [0, 0.05) is 36.6 Å². The van der Waals surface area contributed by atoms with E-state index in [4.69, 9.17) is 0 Å². The van der Waals surface area contributed by atoms with Crippen molar-refractivity contribution < 1.29 is 4.79 Å². The van der Waals surface area contributed by atoms with Crippen molar-refractivity contribution >= 4 is 28.7 Å². The molecule has 5 nitrogen and oxygen atoms in total. The number of nitrogens with zero attached hydrogens (tertiary/aromatic N) is 2. The first-order valence-corrected chi connectivity index (χ1v) is 9.32. The highest BCUT2D eigenvalue weighted by Gasteiger charge is 2.17. The monoisotopic (exact) mass is 344 g/mol. The molecule has 128 valence electrons. The van der Waals surface area contributed by atoms with E-state index in [9.17, 15) is 4.79 Å². The molecule has 0 unspecified atom stereocenters. The van der Waals surface area contributed by atoms with E-state index < -0.39 is 0 Å². The molecule has 0 aliphatic carbocycles. The lowest BCUT2D eigenvalue weighted by molar-refractivity contribution is 0.251. The molecule has 24 heavy (non-hydrogen) atoms. The van der Waals surface area contributed by atoms with E-state index in [1.807, 2.05) is 30.5 Å². The summed E-state index contributed by atoms with van der Waals surface area (Å²) in [5.74, 6) is 0.211. The number of rotatable bonds is 5. The van der Waals surface area contributed by atoms with Crippen molar-refractivity contribution in [1.29, 1.82) is 0 Å². The van der Waals surface area contributed by atoms with Crippen molar-refractivity contribution in [2.75, 3.05) is 29.9 Å². The molecule has 0 radical (unpaired) electrons. The summed E-state index contributed by atoms with van der Waals surface area (Å²) in [6.45, 7) is 6.75. The molecule has 1 aromatic carbocycles. The summed E-state index contributed by atoms with van der Waals surface area (Å²) >= 11 is 1.64. The number of aromatic nitrogens is 1. The van der Waals surface area contributed by atoms with Crippen LogP contribution in [0.4, 0.5) is 16.2 Å². The van der Waals surface area contributed by atoms with Crippen molar-refractivity contribution in [3.05, 3.63) is 40.3 Å². The van der Waals surface area contributed by atoms with Crippen LogP contribution in [0, 0.1) is 6.92 Å². The second-order valence-electron chi connectivity index (χ2n) is 6.27. The molecular formula is C18H24N4OS. The van der Waals surface area contributed by atoms with Gasteiger partial charge in [0.2, 0.25) is 0 Å². The molecule has 1 atom stereocenters. The molecule has 2 aromatic rings. The Morgan fingerprint density at radius 3 is 2.79 bits per heavy atom. The van der Waals surface area contributed by atoms with Crippen LogP contribution in [0.2, 0.25) is 0 Å². The van der Waals surface area contributed by atoms with Crippen LogP contribution in [0.15, 0.2) is 29.6 Å². The lowest BCUT2D eigenvalue weighted by atomic mass is 10.2. The van der Waals surface area contributed by atoms with Crippen LogP contribution in [0.3, 0.4) is 0 Å². The van der Waals surface area contributed by atoms with Gasteiger partial charge in [0.15, 0.2) is 0 Å². The van der Waals surface area contributed by atoms with Gasteiger partial charge < -0.3 is 15.5 Å². The minimum absolute atomic E-state index is 0.165. The van der Waals surface area contributed by atoms with Crippen molar-refractivity contribution in [3.63, 3.8) is 0 Å². The number of carbonyl (C=O) groups excluding carboxylic acids is 1. The zero-order valence-corrected chi connectivity index (χ0v) is 15.0. The van der Waals surface area contributed by atoms with Crippen molar-refractivity contribution in [3.8, 4) is 0 Å². The van der Waals surface area contributed by atoms with Crippen molar-refractivity contribution in [2.45, 2.75) is 32.6 Å². The minimum atomic E-state index is -0.165. The molecule has 2 N–H and O–H groups in total. The Kier molecular flexibility index (Phi) is 5.35. The van der Waals surface area contributed by atoms with E-state index >= 15 is 0 Å². The normalized spacial score (nSPS) is 15.3. The Labute approximate surface area is 147 Å². The molecule has 1 fully saturated rings. The number of urea groups is 1. The molecule has 2 amide bonds. The molecule has 1 aliphatic heterocycles. The van der Waals surface area contributed by atoms with E-state index in [2.05, 4.69) is 33.5 Å². The Hall–Kier alpha value is -2.08.